The molecule has 2 fully saturated rings. The van der Waals surface area contributed by atoms with Gasteiger partial charge in [0.15, 0.2) is 11.2 Å². The second kappa shape index (κ2) is 13.8. The number of phosphoric ester groups is 1. The summed E-state index contributed by atoms with van der Waals surface area (Å²) in [5.41, 5.74) is 9.83. The van der Waals surface area contributed by atoms with Gasteiger partial charge in [0, 0.05) is 41.0 Å². The molecule has 24 heteroatoms. The maximum atomic E-state index is 13.3. The van der Waals surface area contributed by atoms with Crippen LogP contribution >= 0.6 is 7.82 Å². The Hall–Kier alpha value is -4.67. The number of rotatable bonds is 10. The molecule has 0 saturated carbocycles. The van der Waals surface area contributed by atoms with Gasteiger partial charge in [-0.3, -0.25) is 28.0 Å². The summed E-state index contributed by atoms with van der Waals surface area (Å²) < 4.78 is 49.0. The van der Waals surface area contributed by atoms with Gasteiger partial charge in [0.1, 0.15) is 49.8 Å². The summed E-state index contributed by atoms with van der Waals surface area (Å²) in [5.74, 6) is -0.434. The number of amides is 2. The molecule has 1 unspecified atom stereocenters. The first-order valence-electron chi connectivity index (χ1n) is 14.2. The molecule has 0 radical (unpaired) electrons. The number of nitrogens with one attached hydrogen (secondary N) is 1. The van der Waals surface area contributed by atoms with Crippen LogP contribution in [0.1, 0.15) is 25.3 Å². The van der Waals surface area contributed by atoms with E-state index in [1.807, 2.05) is 0 Å². The van der Waals surface area contributed by atoms with E-state index in [1.165, 1.54) is 44.0 Å². The quantitative estimate of drug-likeness (QED) is 0.180. The number of nitrogen functional groups attached to an aromatic ring is 2. The van der Waals surface area contributed by atoms with Crippen LogP contribution in [0.15, 0.2) is 22.2 Å². The van der Waals surface area contributed by atoms with E-state index in [2.05, 4.69) is 24.9 Å². The monoisotopic (exact) mass is 699 g/mol. The fourth-order valence-corrected chi connectivity index (χ4v) is 5.83. The van der Waals surface area contributed by atoms with Gasteiger partial charge in [-0.05, 0) is 0 Å². The summed E-state index contributed by atoms with van der Waals surface area (Å²) in [6.07, 6.45) is -5.73. The van der Waals surface area contributed by atoms with E-state index in [-0.39, 0.29) is 35.9 Å². The molecule has 2 saturated heterocycles. The number of hydrogen-bond donors (Lipinski definition) is 4. The lowest BCUT2D eigenvalue weighted by Gasteiger charge is -2.24. The van der Waals surface area contributed by atoms with Gasteiger partial charge in [-0.15, -0.1) is 0 Å². The third-order valence-electron chi connectivity index (χ3n) is 7.20. The van der Waals surface area contributed by atoms with Crippen molar-refractivity contribution in [1.29, 1.82) is 0 Å². The van der Waals surface area contributed by atoms with E-state index in [1.54, 1.807) is 0 Å². The molecule has 0 aliphatic carbocycles. The molecule has 3 aromatic heterocycles. The Balaban J connectivity index is 1.32. The molecule has 7 atom stereocenters. The van der Waals surface area contributed by atoms with Gasteiger partial charge in [-0.1, -0.05) is 0 Å². The molecule has 5 rings (SSSR count). The zero-order chi connectivity index (χ0) is 34.9. The zero-order valence-electron chi connectivity index (χ0n) is 26.1. The van der Waals surface area contributed by atoms with Gasteiger partial charge in [0.05, 0.1) is 12.9 Å². The topological polar surface area (TPSA) is 297 Å². The molecule has 2 aliphatic rings. The smallest absolute Gasteiger partial charge is 0.447 e. The second-order valence-corrected chi connectivity index (χ2v) is 12.5. The maximum absolute atomic E-state index is 13.3. The molecule has 0 aromatic carbocycles. The molecule has 262 valence electrons. The largest absolute Gasteiger partial charge is 0.472 e. The van der Waals surface area contributed by atoms with Gasteiger partial charge >= 0.3 is 25.7 Å². The number of hydrogen-bond acceptors (Lipinski definition) is 17. The number of carbonyl (C=O) groups is 2. The van der Waals surface area contributed by atoms with Crippen LogP contribution in [-0.4, -0.2) is 127 Å². The van der Waals surface area contributed by atoms with Crippen molar-refractivity contribution >= 4 is 43.1 Å². The average molecular weight is 700 g/mol. The Kier molecular flexibility index (Phi) is 9.98. The van der Waals surface area contributed by atoms with Crippen LogP contribution in [0, 0.1) is 0 Å². The lowest BCUT2D eigenvalue weighted by Crippen LogP contribution is -2.35. The molecule has 6 N–H and O–H groups in total. The Bertz CT molecular complexity index is 1830. The predicted molar refractivity (Wildman–Crippen MR) is 160 cm³/mol. The average Bonchev–Trinajstić information content (AvgIpc) is 3.71. The molecule has 2 aliphatic heterocycles. The Morgan fingerprint density at radius 3 is 2.27 bits per heavy atom. The highest BCUT2D eigenvalue weighted by Crippen LogP contribution is 2.49. The number of imidazole rings is 1. The number of H-pyrrole nitrogens is 1. The normalized spacial score (nSPS) is 25.1. The number of fused-ring (bicyclic) bond motifs is 1. The summed E-state index contributed by atoms with van der Waals surface area (Å²) in [6, 6.07) is 0. The van der Waals surface area contributed by atoms with E-state index < -0.39 is 81.3 Å². The van der Waals surface area contributed by atoms with Crippen LogP contribution in [-0.2, 0) is 32.6 Å². The molecule has 23 nitrogen and oxygen atoms in total. The molecule has 0 bridgehead atoms. The third kappa shape index (κ3) is 7.72. The summed E-state index contributed by atoms with van der Waals surface area (Å²) in [4.78, 5) is 80.1. The van der Waals surface area contributed by atoms with E-state index in [0.29, 0.717) is 0 Å². The molecule has 0 spiro atoms. The number of nitrogens with zero attached hydrogens (tertiary/aromatic N) is 8. The highest BCUT2D eigenvalue weighted by atomic mass is 31.2. The SMILES string of the molecule is CN(C)C(=O)OC[C@H]1O[C@@H](n2cnc3c(=O)[nH]c(N)nc32)C[C@@H]1OP(=O)(O)OC[C@@H]1O[C@@H](n2cnc(N)nc2=O)C[C@@H]1OC(=O)N(C)C. The van der Waals surface area contributed by atoms with Crippen molar-refractivity contribution in [2.45, 2.75) is 49.7 Å². The minimum atomic E-state index is -4.94. The molecule has 48 heavy (non-hydrogen) atoms. The second-order valence-electron chi connectivity index (χ2n) is 11.1. The number of aromatic amines is 1. The van der Waals surface area contributed by atoms with E-state index in [4.69, 9.17) is 39.5 Å². The fraction of sp³-hybridized carbons (Fsp3) is 0.583. The van der Waals surface area contributed by atoms with Crippen LogP contribution in [0.25, 0.3) is 11.2 Å². The van der Waals surface area contributed by atoms with Gasteiger partial charge < -0.3 is 45.1 Å². The maximum Gasteiger partial charge on any atom is 0.472 e. The molecular formula is C24H34N11O12P. The van der Waals surface area contributed by atoms with Crippen molar-refractivity contribution in [2.24, 2.45) is 0 Å². The van der Waals surface area contributed by atoms with Gasteiger partial charge in [-0.25, -0.2) is 28.9 Å². The Morgan fingerprint density at radius 1 is 0.979 bits per heavy atom. The van der Waals surface area contributed by atoms with Crippen LogP contribution < -0.4 is 22.7 Å². The Labute approximate surface area is 270 Å². The van der Waals surface area contributed by atoms with Gasteiger partial charge in [-0.2, -0.15) is 9.97 Å². The van der Waals surface area contributed by atoms with Crippen molar-refractivity contribution in [3.63, 3.8) is 0 Å². The number of carbonyl (C=O) groups excluding carboxylic acids is 2. The first-order valence-corrected chi connectivity index (χ1v) is 15.7. The van der Waals surface area contributed by atoms with E-state index in [9.17, 15) is 28.6 Å². The van der Waals surface area contributed by atoms with Crippen molar-refractivity contribution in [3.05, 3.63) is 33.5 Å². The third-order valence-corrected chi connectivity index (χ3v) is 8.21. The van der Waals surface area contributed by atoms with Crippen molar-refractivity contribution in [1.82, 2.24) is 43.9 Å². The van der Waals surface area contributed by atoms with Crippen LogP contribution in [0.3, 0.4) is 0 Å². The summed E-state index contributed by atoms with van der Waals surface area (Å²) >= 11 is 0. The van der Waals surface area contributed by atoms with Crippen molar-refractivity contribution < 1.29 is 47.0 Å². The van der Waals surface area contributed by atoms with E-state index in [0.717, 1.165) is 15.8 Å². The number of ether oxygens (including phenoxy) is 4. The molecule has 5 heterocycles. The number of phosphoric acid groups is 1. The van der Waals surface area contributed by atoms with Crippen LogP contribution in [0.5, 0.6) is 0 Å². The summed E-state index contributed by atoms with van der Waals surface area (Å²) in [5, 5.41) is 0. The first-order chi connectivity index (χ1) is 22.6. The molecule has 3 aromatic rings. The number of anilines is 2. The summed E-state index contributed by atoms with van der Waals surface area (Å²) in [6.45, 7) is -1.02. The molecular weight excluding hydrogens is 665 g/mol. The van der Waals surface area contributed by atoms with Gasteiger partial charge in [0.25, 0.3) is 5.56 Å². The van der Waals surface area contributed by atoms with E-state index >= 15 is 0 Å². The lowest BCUT2D eigenvalue weighted by atomic mass is 10.2. The number of aromatic nitrogens is 7. The summed E-state index contributed by atoms with van der Waals surface area (Å²) in [7, 11) is 0.892. The minimum absolute atomic E-state index is 0.0314. The Morgan fingerprint density at radius 2 is 1.60 bits per heavy atom. The van der Waals surface area contributed by atoms with Crippen molar-refractivity contribution in [2.75, 3.05) is 52.9 Å². The first kappa shape index (κ1) is 34.7. The lowest BCUT2D eigenvalue weighted by molar-refractivity contribution is -0.0610. The highest BCUT2D eigenvalue weighted by Gasteiger charge is 2.45. The van der Waals surface area contributed by atoms with Crippen LogP contribution in [0.2, 0.25) is 0 Å². The minimum Gasteiger partial charge on any atom is -0.447 e. The predicted octanol–water partition coefficient (Wildman–Crippen LogP) is -1.22. The molecule has 2 amide bonds. The van der Waals surface area contributed by atoms with Crippen molar-refractivity contribution in [3.8, 4) is 0 Å². The standard InChI is InChI=1S/C24H34N11O12P/c1-32(2)23(38)42-7-13-12(6-15(44-13)34-9-27-17-18(34)29-21(26)30-19(17)36)47-48(40,41)43-8-14-11(46-24(39)33(3)4)5-16(45-14)35-10-28-20(25)31-22(35)37/h9-16H,5-8H2,1-4H3,(H,40,41)(H2,25,31,37)(H3,26,29,30,36)/t11-,12-,13+,14-,15+,16+/m0/s1. The van der Waals surface area contributed by atoms with Gasteiger partial charge in [0.2, 0.25) is 11.9 Å². The fourth-order valence-electron chi connectivity index (χ4n) is 4.87. The van der Waals surface area contributed by atoms with Crippen LogP contribution in [0.4, 0.5) is 21.5 Å². The zero-order valence-corrected chi connectivity index (χ0v) is 27.0. The number of nitrogens with two attached hydrogens (primary N) is 2. The highest BCUT2D eigenvalue weighted by molar-refractivity contribution is 7.47.